The number of ether oxygens (including phenoxy) is 2. The minimum Gasteiger partial charge on any atom is -0.461 e. The Morgan fingerprint density at radius 2 is 1.63 bits per heavy atom. The lowest BCUT2D eigenvalue weighted by atomic mass is 9.99. The van der Waals surface area contributed by atoms with Gasteiger partial charge < -0.3 is 9.47 Å². The first kappa shape index (κ1) is 29.5. The number of terminal acetylenes is 1. The summed E-state index contributed by atoms with van der Waals surface area (Å²) in [5.41, 5.74) is -0.0673. The highest BCUT2D eigenvalue weighted by atomic mass is 19.4. The van der Waals surface area contributed by atoms with E-state index in [0.717, 1.165) is 0 Å². The second-order valence-corrected chi connectivity index (χ2v) is 7.14. The average molecular weight is 428 g/mol. The molecule has 0 N–H and O–H groups in total. The molecule has 0 aliphatic rings. The van der Waals surface area contributed by atoms with E-state index in [1.165, 1.54) is 0 Å². The SMILES string of the molecule is C#C.C=CC.CC(C)(C)OC(=O)C[C@@H](CCC(F)(F)F)C(=O)OCc1ccccc1. The second-order valence-electron chi connectivity index (χ2n) is 7.14. The van der Waals surface area contributed by atoms with Crippen LogP contribution >= 0.6 is 0 Å². The van der Waals surface area contributed by atoms with Crippen LogP contribution in [0.3, 0.4) is 0 Å². The van der Waals surface area contributed by atoms with E-state index >= 15 is 0 Å². The summed E-state index contributed by atoms with van der Waals surface area (Å²) in [6.45, 7) is 10.1. The Morgan fingerprint density at radius 3 is 2.07 bits per heavy atom. The van der Waals surface area contributed by atoms with Crippen LogP contribution in [0.15, 0.2) is 43.0 Å². The third-order valence-corrected chi connectivity index (χ3v) is 3.17. The summed E-state index contributed by atoms with van der Waals surface area (Å²) in [5, 5.41) is 0. The van der Waals surface area contributed by atoms with Crippen LogP contribution in [-0.2, 0) is 25.7 Å². The van der Waals surface area contributed by atoms with Crippen molar-refractivity contribution >= 4 is 11.9 Å². The van der Waals surface area contributed by atoms with Gasteiger partial charge in [-0.1, -0.05) is 36.4 Å². The standard InChI is InChI=1S/C18H23F3O4.C3H6.C2H2/c1-17(2,3)25-15(22)11-14(9-10-18(19,20)21)16(23)24-12-13-7-5-4-6-8-13;1-3-2;1-2/h4-8,14H,9-12H2,1-3H3;3H,1H2,2H3;1-2H/t14-;;/m1../s1. The van der Waals surface area contributed by atoms with Gasteiger partial charge in [0, 0.05) is 6.42 Å². The van der Waals surface area contributed by atoms with Crippen LogP contribution in [-0.4, -0.2) is 23.7 Å². The Labute approximate surface area is 177 Å². The average Bonchev–Trinajstić information content (AvgIpc) is 2.64. The zero-order valence-corrected chi connectivity index (χ0v) is 18.0. The van der Waals surface area contributed by atoms with E-state index in [4.69, 9.17) is 9.47 Å². The van der Waals surface area contributed by atoms with E-state index in [9.17, 15) is 22.8 Å². The normalized spacial score (nSPS) is 11.5. The number of alkyl halides is 3. The molecule has 1 atom stereocenters. The quantitative estimate of drug-likeness (QED) is 0.310. The minimum atomic E-state index is -4.41. The fourth-order valence-corrected chi connectivity index (χ4v) is 2.07. The molecule has 1 aromatic rings. The first-order valence-corrected chi connectivity index (χ1v) is 9.27. The molecular weight excluding hydrogens is 397 g/mol. The van der Waals surface area contributed by atoms with Crippen LogP contribution in [0, 0.1) is 18.8 Å². The molecule has 0 saturated heterocycles. The molecule has 0 heterocycles. The highest BCUT2D eigenvalue weighted by Crippen LogP contribution is 2.27. The van der Waals surface area contributed by atoms with Crippen molar-refractivity contribution in [2.45, 2.75) is 65.3 Å². The van der Waals surface area contributed by atoms with Crippen molar-refractivity contribution < 1.29 is 32.2 Å². The molecule has 0 bridgehead atoms. The molecule has 0 radical (unpaired) electrons. The number of rotatable bonds is 7. The van der Waals surface area contributed by atoms with Crippen LogP contribution in [0.1, 0.15) is 52.5 Å². The molecule has 0 fully saturated rings. The molecule has 0 aliphatic heterocycles. The minimum absolute atomic E-state index is 0.0590. The number of carbonyl (C=O) groups is 2. The van der Waals surface area contributed by atoms with Crippen LogP contribution in [0.2, 0.25) is 0 Å². The molecule has 30 heavy (non-hydrogen) atoms. The molecule has 0 aliphatic carbocycles. The van der Waals surface area contributed by atoms with E-state index < -0.39 is 48.9 Å². The van der Waals surface area contributed by atoms with Crippen molar-refractivity contribution in [3.05, 3.63) is 48.6 Å². The van der Waals surface area contributed by atoms with E-state index in [1.54, 1.807) is 57.2 Å². The Hall–Kier alpha value is -2.75. The summed E-state index contributed by atoms with van der Waals surface area (Å²) < 4.78 is 47.6. The van der Waals surface area contributed by atoms with Crippen molar-refractivity contribution in [2.75, 3.05) is 0 Å². The predicted octanol–water partition coefficient (Wildman–Crippen LogP) is 5.86. The van der Waals surface area contributed by atoms with Gasteiger partial charge in [-0.3, -0.25) is 9.59 Å². The molecule has 0 unspecified atom stereocenters. The van der Waals surface area contributed by atoms with Crippen molar-refractivity contribution in [2.24, 2.45) is 5.92 Å². The molecule has 1 aromatic carbocycles. The number of hydrogen-bond donors (Lipinski definition) is 0. The van der Waals surface area contributed by atoms with Gasteiger partial charge in [-0.05, 0) is 39.7 Å². The number of halogens is 3. The van der Waals surface area contributed by atoms with Crippen LogP contribution in [0.5, 0.6) is 0 Å². The maximum absolute atomic E-state index is 12.5. The molecule has 0 spiro atoms. The van der Waals surface area contributed by atoms with Gasteiger partial charge in [0.1, 0.15) is 12.2 Å². The Kier molecular flexibility index (Phi) is 14.9. The topological polar surface area (TPSA) is 52.6 Å². The van der Waals surface area contributed by atoms with Gasteiger partial charge in [0.05, 0.1) is 12.3 Å². The van der Waals surface area contributed by atoms with Gasteiger partial charge in [-0.2, -0.15) is 13.2 Å². The fraction of sp³-hybridized carbons (Fsp3) is 0.478. The zero-order chi connectivity index (χ0) is 23.8. The third kappa shape index (κ3) is 17.4. The molecule has 1 rings (SSSR count). The summed E-state index contributed by atoms with van der Waals surface area (Å²) in [4.78, 5) is 24.0. The monoisotopic (exact) mass is 428 g/mol. The molecule has 0 amide bonds. The smallest absolute Gasteiger partial charge is 0.389 e. The molecule has 4 nitrogen and oxygen atoms in total. The maximum atomic E-state index is 12.5. The van der Waals surface area contributed by atoms with Crippen LogP contribution < -0.4 is 0 Å². The van der Waals surface area contributed by atoms with E-state index in [1.807, 2.05) is 6.92 Å². The highest BCUT2D eigenvalue weighted by Gasteiger charge is 2.33. The Balaban J connectivity index is 0. The van der Waals surface area contributed by atoms with Crippen molar-refractivity contribution in [1.82, 2.24) is 0 Å². The summed E-state index contributed by atoms with van der Waals surface area (Å²) in [6, 6.07) is 8.76. The Bertz CT molecular complexity index is 644. The molecule has 0 saturated carbocycles. The van der Waals surface area contributed by atoms with Crippen LogP contribution in [0.4, 0.5) is 13.2 Å². The lowest BCUT2D eigenvalue weighted by Gasteiger charge is -2.22. The molecule has 0 aromatic heterocycles. The fourth-order valence-electron chi connectivity index (χ4n) is 2.07. The third-order valence-electron chi connectivity index (χ3n) is 3.17. The van der Waals surface area contributed by atoms with Crippen molar-refractivity contribution in [1.29, 1.82) is 0 Å². The summed E-state index contributed by atoms with van der Waals surface area (Å²) in [5.74, 6) is -2.75. The maximum Gasteiger partial charge on any atom is 0.389 e. The van der Waals surface area contributed by atoms with Gasteiger partial charge in [0.2, 0.25) is 0 Å². The van der Waals surface area contributed by atoms with Gasteiger partial charge in [0.15, 0.2) is 0 Å². The summed E-state index contributed by atoms with van der Waals surface area (Å²) >= 11 is 0. The largest absolute Gasteiger partial charge is 0.461 e. The van der Waals surface area contributed by atoms with E-state index in [0.29, 0.717) is 5.56 Å². The van der Waals surface area contributed by atoms with Crippen molar-refractivity contribution in [3.8, 4) is 12.8 Å². The van der Waals surface area contributed by atoms with Gasteiger partial charge in [-0.15, -0.1) is 19.4 Å². The lowest BCUT2D eigenvalue weighted by molar-refractivity contribution is -0.165. The first-order valence-electron chi connectivity index (χ1n) is 9.27. The van der Waals surface area contributed by atoms with E-state index in [2.05, 4.69) is 19.4 Å². The first-order chi connectivity index (χ1) is 13.9. The van der Waals surface area contributed by atoms with Gasteiger partial charge in [0.25, 0.3) is 0 Å². The number of allylic oxidation sites excluding steroid dienone is 1. The molecular formula is C23H31F3O4. The number of esters is 2. The highest BCUT2D eigenvalue weighted by molar-refractivity contribution is 5.80. The van der Waals surface area contributed by atoms with E-state index in [-0.39, 0.29) is 6.61 Å². The zero-order valence-electron chi connectivity index (χ0n) is 18.0. The molecule has 168 valence electrons. The van der Waals surface area contributed by atoms with Crippen LogP contribution in [0.25, 0.3) is 0 Å². The summed E-state index contributed by atoms with van der Waals surface area (Å²) in [7, 11) is 0. The number of carbonyl (C=O) groups excluding carboxylic acids is 2. The predicted molar refractivity (Wildman–Crippen MR) is 111 cm³/mol. The lowest BCUT2D eigenvalue weighted by Crippen LogP contribution is -2.28. The van der Waals surface area contributed by atoms with Crippen molar-refractivity contribution in [3.63, 3.8) is 0 Å². The number of benzene rings is 1. The van der Waals surface area contributed by atoms with Gasteiger partial charge in [-0.25, -0.2) is 0 Å². The number of hydrogen-bond acceptors (Lipinski definition) is 4. The summed E-state index contributed by atoms with van der Waals surface area (Å²) in [6.07, 6.45) is 3.21. The Morgan fingerprint density at radius 1 is 1.13 bits per heavy atom. The molecule has 7 heteroatoms. The van der Waals surface area contributed by atoms with Gasteiger partial charge >= 0.3 is 18.1 Å². The second kappa shape index (κ2) is 15.1.